The highest BCUT2D eigenvalue weighted by atomic mass is 16.5. The molecule has 1 aliphatic carbocycles. The van der Waals surface area contributed by atoms with E-state index in [0.29, 0.717) is 12.8 Å². The minimum absolute atomic E-state index is 0.157. The summed E-state index contributed by atoms with van der Waals surface area (Å²) in [5, 5.41) is 0. The molecule has 0 N–H and O–H groups in total. The zero-order chi connectivity index (χ0) is 12.5. The van der Waals surface area contributed by atoms with E-state index in [2.05, 4.69) is 4.74 Å². The van der Waals surface area contributed by atoms with Crippen LogP contribution in [0.25, 0.3) is 0 Å². The van der Waals surface area contributed by atoms with Crippen LogP contribution in [0.15, 0.2) is 48.3 Å². The molecule has 2 rings (SSSR count). The Morgan fingerprint density at radius 2 is 2.18 bits per heavy atom. The lowest BCUT2D eigenvalue weighted by atomic mass is 10.1. The second kappa shape index (κ2) is 7.39. The minimum atomic E-state index is -0.157. The van der Waals surface area contributed by atoms with E-state index in [1.54, 1.807) is 6.08 Å². The standard InChI is InChI=1S/C10H12O.C4H4O2/c1-2-10(11)9-7-5-3-4-6-8-9;5-4-2-1-3-6-4/h3,5-8H,2,4H2,1H3;1,3H,2H2. The number of esters is 1. The minimum Gasteiger partial charge on any atom is -0.435 e. The van der Waals surface area contributed by atoms with Gasteiger partial charge in [0.05, 0.1) is 12.7 Å². The fourth-order valence-electron chi connectivity index (χ4n) is 1.29. The molecule has 0 aromatic rings. The molecule has 0 saturated heterocycles. The third-order valence-corrected chi connectivity index (χ3v) is 2.20. The van der Waals surface area contributed by atoms with Crippen molar-refractivity contribution in [1.82, 2.24) is 0 Å². The Bertz CT molecular complexity index is 388. The number of allylic oxidation sites excluding steroid dienone is 6. The van der Waals surface area contributed by atoms with Gasteiger partial charge >= 0.3 is 5.97 Å². The molecule has 1 aliphatic heterocycles. The molecule has 3 heteroatoms. The number of ketones is 1. The van der Waals surface area contributed by atoms with Gasteiger partial charge in [-0.05, 0) is 12.5 Å². The Hall–Kier alpha value is -1.90. The van der Waals surface area contributed by atoms with Crippen molar-refractivity contribution in [2.45, 2.75) is 26.2 Å². The van der Waals surface area contributed by atoms with Gasteiger partial charge in [0, 0.05) is 12.0 Å². The Balaban J connectivity index is 0.000000202. The van der Waals surface area contributed by atoms with Crippen molar-refractivity contribution in [3.05, 3.63) is 48.3 Å². The lowest BCUT2D eigenvalue weighted by molar-refractivity contribution is -0.135. The number of cyclic esters (lactones) is 1. The second-order valence-corrected chi connectivity index (χ2v) is 3.53. The summed E-state index contributed by atoms with van der Waals surface area (Å²) < 4.78 is 4.33. The lowest BCUT2D eigenvalue weighted by Gasteiger charge is -1.94. The molecule has 0 amide bonds. The van der Waals surface area contributed by atoms with E-state index in [4.69, 9.17) is 0 Å². The molecule has 0 spiro atoms. The normalized spacial score (nSPS) is 16.8. The van der Waals surface area contributed by atoms with Gasteiger partial charge in [0.1, 0.15) is 0 Å². The molecule has 0 radical (unpaired) electrons. The van der Waals surface area contributed by atoms with Crippen LogP contribution in [-0.2, 0) is 14.3 Å². The fraction of sp³-hybridized carbons (Fsp3) is 0.286. The van der Waals surface area contributed by atoms with Gasteiger partial charge in [-0.25, -0.2) is 0 Å². The first-order valence-electron chi connectivity index (χ1n) is 5.65. The van der Waals surface area contributed by atoms with Crippen molar-refractivity contribution in [3.8, 4) is 0 Å². The van der Waals surface area contributed by atoms with E-state index in [-0.39, 0.29) is 11.8 Å². The quantitative estimate of drug-likeness (QED) is 0.687. The zero-order valence-corrected chi connectivity index (χ0v) is 9.89. The van der Waals surface area contributed by atoms with Crippen LogP contribution in [0.5, 0.6) is 0 Å². The zero-order valence-electron chi connectivity index (χ0n) is 9.89. The monoisotopic (exact) mass is 232 g/mol. The first-order chi connectivity index (χ1) is 8.24. The van der Waals surface area contributed by atoms with Crippen molar-refractivity contribution >= 4 is 11.8 Å². The van der Waals surface area contributed by atoms with Crippen molar-refractivity contribution in [2.24, 2.45) is 0 Å². The fourth-order valence-corrected chi connectivity index (χ4v) is 1.29. The highest BCUT2D eigenvalue weighted by Crippen LogP contribution is 2.06. The number of hydrogen-bond donors (Lipinski definition) is 0. The first-order valence-corrected chi connectivity index (χ1v) is 5.65. The van der Waals surface area contributed by atoms with Crippen LogP contribution in [0.4, 0.5) is 0 Å². The van der Waals surface area contributed by atoms with Gasteiger partial charge in [-0.3, -0.25) is 9.59 Å². The van der Waals surface area contributed by atoms with E-state index in [1.807, 2.05) is 37.3 Å². The van der Waals surface area contributed by atoms with Crippen molar-refractivity contribution in [2.75, 3.05) is 0 Å². The molecule has 0 aromatic heterocycles. The number of rotatable bonds is 2. The average molecular weight is 232 g/mol. The summed E-state index contributed by atoms with van der Waals surface area (Å²) in [6.07, 6.45) is 14.8. The van der Waals surface area contributed by atoms with Crippen LogP contribution in [0.3, 0.4) is 0 Å². The number of Topliss-reactive ketones (excluding diaryl/α,β-unsaturated/α-hetero) is 1. The van der Waals surface area contributed by atoms with Gasteiger partial charge in [0.25, 0.3) is 0 Å². The predicted molar refractivity (Wildman–Crippen MR) is 66.1 cm³/mol. The smallest absolute Gasteiger partial charge is 0.314 e. The van der Waals surface area contributed by atoms with E-state index >= 15 is 0 Å². The van der Waals surface area contributed by atoms with Gasteiger partial charge in [-0.2, -0.15) is 0 Å². The van der Waals surface area contributed by atoms with Gasteiger partial charge in [-0.1, -0.05) is 37.3 Å². The van der Waals surface area contributed by atoms with Gasteiger partial charge in [0.2, 0.25) is 0 Å². The molecule has 17 heavy (non-hydrogen) atoms. The molecular formula is C14H16O3. The summed E-state index contributed by atoms with van der Waals surface area (Å²) in [5.74, 6) is 0.0581. The van der Waals surface area contributed by atoms with Gasteiger partial charge in [-0.15, -0.1) is 0 Å². The summed E-state index contributed by atoms with van der Waals surface area (Å²) in [7, 11) is 0. The van der Waals surface area contributed by atoms with E-state index in [1.165, 1.54) is 6.26 Å². The third kappa shape index (κ3) is 5.11. The molecule has 0 bridgehead atoms. The van der Waals surface area contributed by atoms with Crippen molar-refractivity contribution in [3.63, 3.8) is 0 Å². The summed E-state index contributed by atoms with van der Waals surface area (Å²) >= 11 is 0. The molecule has 0 atom stereocenters. The Morgan fingerprint density at radius 3 is 2.71 bits per heavy atom. The van der Waals surface area contributed by atoms with E-state index < -0.39 is 0 Å². The molecule has 2 aliphatic rings. The Morgan fingerprint density at radius 1 is 1.35 bits per heavy atom. The Labute approximate surface area is 101 Å². The summed E-state index contributed by atoms with van der Waals surface area (Å²) in [6.45, 7) is 1.88. The van der Waals surface area contributed by atoms with Gasteiger partial charge < -0.3 is 4.74 Å². The van der Waals surface area contributed by atoms with Crippen LogP contribution < -0.4 is 0 Å². The van der Waals surface area contributed by atoms with Crippen LogP contribution in [-0.4, -0.2) is 11.8 Å². The number of carbonyl (C=O) groups is 2. The Kier molecular flexibility index (Phi) is 5.72. The maximum absolute atomic E-state index is 11.2. The maximum atomic E-state index is 11.2. The summed E-state index contributed by atoms with van der Waals surface area (Å²) in [5.41, 5.74) is 0.821. The number of ether oxygens (including phenoxy) is 1. The topological polar surface area (TPSA) is 43.4 Å². The summed E-state index contributed by atoms with van der Waals surface area (Å²) in [6, 6.07) is 0. The highest BCUT2D eigenvalue weighted by molar-refractivity contribution is 5.98. The third-order valence-electron chi connectivity index (χ3n) is 2.20. The lowest BCUT2D eigenvalue weighted by Crippen LogP contribution is -1.96. The SMILES string of the molecule is CCC(=O)C1=CC=CCC=C1.O=C1CC=CO1. The molecule has 1 heterocycles. The first kappa shape index (κ1) is 13.2. The number of hydrogen-bond acceptors (Lipinski definition) is 3. The van der Waals surface area contributed by atoms with Gasteiger partial charge in [0.15, 0.2) is 5.78 Å². The van der Waals surface area contributed by atoms with E-state index in [9.17, 15) is 9.59 Å². The molecule has 0 saturated carbocycles. The van der Waals surface area contributed by atoms with Crippen LogP contribution >= 0.6 is 0 Å². The van der Waals surface area contributed by atoms with E-state index in [0.717, 1.165) is 12.0 Å². The maximum Gasteiger partial charge on any atom is 0.314 e. The predicted octanol–water partition coefficient (Wildman–Crippen LogP) is 2.86. The molecule has 0 unspecified atom stereocenters. The van der Waals surface area contributed by atoms with Crippen molar-refractivity contribution < 1.29 is 14.3 Å². The van der Waals surface area contributed by atoms with Crippen LogP contribution in [0, 0.1) is 0 Å². The molecule has 0 aromatic carbocycles. The van der Waals surface area contributed by atoms with Crippen molar-refractivity contribution in [1.29, 1.82) is 0 Å². The summed E-state index contributed by atoms with van der Waals surface area (Å²) in [4.78, 5) is 21.1. The highest BCUT2D eigenvalue weighted by Gasteiger charge is 2.02. The molecular weight excluding hydrogens is 216 g/mol. The average Bonchev–Trinajstić information content (AvgIpc) is 2.68. The van der Waals surface area contributed by atoms with Crippen LogP contribution in [0.1, 0.15) is 26.2 Å². The molecule has 90 valence electrons. The van der Waals surface area contributed by atoms with Crippen LogP contribution in [0.2, 0.25) is 0 Å². The second-order valence-electron chi connectivity index (χ2n) is 3.53. The largest absolute Gasteiger partial charge is 0.435 e. The molecule has 0 fully saturated rings. The molecule has 3 nitrogen and oxygen atoms in total. The number of carbonyl (C=O) groups excluding carboxylic acids is 2.